The Morgan fingerprint density at radius 3 is 2.58 bits per heavy atom. The van der Waals surface area contributed by atoms with Gasteiger partial charge < -0.3 is 10.2 Å². The molecule has 1 aromatic carbocycles. The van der Waals surface area contributed by atoms with Crippen molar-refractivity contribution in [2.75, 3.05) is 16.8 Å². The molecule has 2 rings (SSSR count). The number of nitrogens with zero attached hydrogens (tertiary/aromatic N) is 1. The van der Waals surface area contributed by atoms with Crippen LogP contribution in [-0.2, 0) is 14.8 Å². The first kappa shape index (κ1) is 25.7. The standard InChI is InChI=1S/C24H41N3O3S/c1-5-7-8-9-10-14-24(28)25-21-15-16-22(27-17-12-11-13-20(27)4)23(18-21)31(29,30)26-19(3)6-2/h15-16,18-20,26H,5-14,17H2,1-4H3,(H,25,28)/t19-,20+/m0/s1. The monoisotopic (exact) mass is 451 g/mol. The number of nitrogens with one attached hydrogen (secondary N) is 2. The second-order valence-electron chi connectivity index (χ2n) is 8.86. The minimum atomic E-state index is -3.70. The van der Waals surface area contributed by atoms with Crippen LogP contribution in [0.1, 0.15) is 91.9 Å². The molecule has 1 aliphatic heterocycles. The fourth-order valence-electron chi connectivity index (χ4n) is 4.02. The Bertz CT molecular complexity index is 810. The normalized spacial score (nSPS) is 18.1. The van der Waals surface area contributed by atoms with Crippen LogP contribution >= 0.6 is 0 Å². The van der Waals surface area contributed by atoms with Crippen molar-refractivity contribution in [1.29, 1.82) is 0 Å². The summed E-state index contributed by atoms with van der Waals surface area (Å²) in [5, 5.41) is 2.90. The van der Waals surface area contributed by atoms with Crippen LogP contribution in [0.25, 0.3) is 0 Å². The Balaban J connectivity index is 2.23. The molecule has 0 unspecified atom stereocenters. The lowest BCUT2D eigenvalue weighted by atomic mass is 10.0. The van der Waals surface area contributed by atoms with E-state index in [-0.39, 0.29) is 22.9 Å². The van der Waals surface area contributed by atoms with E-state index >= 15 is 0 Å². The van der Waals surface area contributed by atoms with Crippen LogP contribution in [0.4, 0.5) is 11.4 Å². The summed E-state index contributed by atoms with van der Waals surface area (Å²) in [6, 6.07) is 5.43. The highest BCUT2D eigenvalue weighted by molar-refractivity contribution is 7.89. The first-order valence-electron chi connectivity index (χ1n) is 12.0. The summed E-state index contributed by atoms with van der Waals surface area (Å²) in [6.45, 7) is 8.98. The second kappa shape index (κ2) is 12.4. The van der Waals surface area contributed by atoms with E-state index in [1.807, 2.05) is 26.0 Å². The Hall–Kier alpha value is -1.60. The van der Waals surface area contributed by atoms with Crippen molar-refractivity contribution in [3.8, 4) is 0 Å². The van der Waals surface area contributed by atoms with Gasteiger partial charge in [-0.1, -0.05) is 39.5 Å². The van der Waals surface area contributed by atoms with Crippen LogP contribution in [-0.4, -0.2) is 33.0 Å². The number of hydrogen-bond acceptors (Lipinski definition) is 4. The predicted octanol–water partition coefficient (Wildman–Crippen LogP) is 5.44. The maximum Gasteiger partial charge on any atom is 0.242 e. The van der Waals surface area contributed by atoms with Crippen molar-refractivity contribution in [2.24, 2.45) is 0 Å². The van der Waals surface area contributed by atoms with Crippen LogP contribution < -0.4 is 14.9 Å². The fraction of sp³-hybridized carbons (Fsp3) is 0.708. The molecule has 7 heteroatoms. The average Bonchev–Trinajstić information content (AvgIpc) is 2.73. The van der Waals surface area contributed by atoms with Gasteiger partial charge in [-0.15, -0.1) is 0 Å². The number of rotatable bonds is 12. The molecule has 2 atom stereocenters. The van der Waals surface area contributed by atoms with Gasteiger partial charge in [-0.25, -0.2) is 13.1 Å². The number of piperidine rings is 1. The summed E-state index contributed by atoms with van der Waals surface area (Å²) in [5.74, 6) is -0.0613. The summed E-state index contributed by atoms with van der Waals surface area (Å²) in [5.41, 5.74) is 1.26. The molecule has 1 amide bonds. The molecule has 0 saturated carbocycles. The Labute approximate surface area is 189 Å². The van der Waals surface area contributed by atoms with Crippen molar-refractivity contribution in [2.45, 2.75) is 109 Å². The zero-order valence-electron chi connectivity index (χ0n) is 19.7. The van der Waals surface area contributed by atoms with E-state index in [1.54, 1.807) is 6.07 Å². The van der Waals surface area contributed by atoms with Crippen LogP contribution in [0.15, 0.2) is 23.1 Å². The van der Waals surface area contributed by atoms with Gasteiger partial charge in [0.1, 0.15) is 4.90 Å². The Kier molecular flexibility index (Phi) is 10.3. The van der Waals surface area contributed by atoms with Gasteiger partial charge in [-0.2, -0.15) is 0 Å². The molecule has 1 aliphatic rings. The van der Waals surface area contributed by atoms with E-state index in [1.165, 1.54) is 12.8 Å². The third-order valence-corrected chi connectivity index (χ3v) is 7.74. The van der Waals surface area contributed by atoms with Crippen LogP contribution in [0, 0.1) is 0 Å². The molecule has 0 aliphatic carbocycles. The van der Waals surface area contributed by atoms with Crippen molar-refractivity contribution in [3.63, 3.8) is 0 Å². The van der Waals surface area contributed by atoms with E-state index in [0.29, 0.717) is 18.5 Å². The SMILES string of the molecule is CCCCCCCC(=O)Nc1ccc(N2CCCC[C@H]2C)c(S(=O)(=O)N[C@@H](C)CC)c1. The van der Waals surface area contributed by atoms with Gasteiger partial charge in [0.25, 0.3) is 0 Å². The topological polar surface area (TPSA) is 78.5 Å². The molecule has 1 fully saturated rings. The number of unbranched alkanes of at least 4 members (excludes halogenated alkanes) is 4. The van der Waals surface area contributed by atoms with Crippen LogP contribution in [0.2, 0.25) is 0 Å². The highest BCUT2D eigenvalue weighted by Gasteiger charge is 2.27. The van der Waals surface area contributed by atoms with Gasteiger partial charge in [0.2, 0.25) is 15.9 Å². The van der Waals surface area contributed by atoms with Crippen molar-refractivity contribution < 1.29 is 13.2 Å². The molecule has 0 radical (unpaired) electrons. The number of carbonyl (C=O) groups is 1. The number of hydrogen-bond donors (Lipinski definition) is 2. The van der Waals surface area contributed by atoms with Crippen molar-refractivity contribution >= 4 is 27.3 Å². The lowest BCUT2D eigenvalue weighted by molar-refractivity contribution is -0.116. The first-order chi connectivity index (χ1) is 14.8. The number of amides is 1. The molecule has 1 heterocycles. The zero-order valence-corrected chi connectivity index (χ0v) is 20.6. The molecule has 0 aromatic heterocycles. The van der Waals surface area contributed by atoms with Crippen LogP contribution in [0.5, 0.6) is 0 Å². The highest BCUT2D eigenvalue weighted by atomic mass is 32.2. The molecule has 1 saturated heterocycles. The minimum absolute atomic E-state index is 0.0613. The second-order valence-corrected chi connectivity index (χ2v) is 10.5. The molecular weight excluding hydrogens is 410 g/mol. The quantitative estimate of drug-likeness (QED) is 0.415. The summed E-state index contributed by atoms with van der Waals surface area (Å²) >= 11 is 0. The van der Waals surface area contributed by atoms with Crippen LogP contribution in [0.3, 0.4) is 0 Å². The molecule has 2 N–H and O–H groups in total. The number of anilines is 2. The van der Waals surface area contributed by atoms with Crippen molar-refractivity contribution in [3.05, 3.63) is 18.2 Å². The smallest absolute Gasteiger partial charge is 0.242 e. The maximum atomic E-state index is 13.2. The average molecular weight is 452 g/mol. The number of benzene rings is 1. The molecular formula is C24H41N3O3S. The van der Waals surface area contributed by atoms with Gasteiger partial charge >= 0.3 is 0 Å². The zero-order chi connectivity index (χ0) is 22.9. The molecule has 0 spiro atoms. The summed E-state index contributed by atoms with van der Waals surface area (Å²) in [4.78, 5) is 14.8. The minimum Gasteiger partial charge on any atom is -0.368 e. The number of sulfonamides is 1. The highest BCUT2D eigenvalue weighted by Crippen LogP contribution is 2.33. The first-order valence-corrected chi connectivity index (χ1v) is 13.5. The summed E-state index contributed by atoms with van der Waals surface area (Å²) < 4.78 is 29.2. The van der Waals surface area contributed by atoms with E-state index in [9.17, 15) is 13.2 Å². The summed E-state index contributed by atoms with van der Waals surface area (Å²) in [7, 11) is -3.70. The number of carbonyl (C=O) groups excluding carboxylic acids is 1. The molecule has 0 bridgehead atoms. The van der Waals surface area contributed by atoms with Gasteiger partial charge in [0.05, 0.1) is 5.69 Å². The Morgan fingerprint density at radius 2 is 1.90 bits per heavy atom. The Morgan fingerprint density at radius 1 is 1.16 bits per heavy atom. The van der Waals surface area contributed by atoms with Gasteiger partial charge in [0.15, 0.2) is 0 Å². The fourth-order valence-corrected chi connectivity index (χ4v) is 5.59. The van der Waals surface area contributed by atoms with E-state index < -0.39 is 10.0 Å². The molecule has 6 nitrogen and oxygen atoms in total. The maximum absolute atomic E-state index is 13.2. The predicted molar refractivity (Wildman–Crippen MR) is 129 cm³/mol. The molecule has 1 aromatic rings. The van der Waals surface area contributed by atoms with Crippen molar-refractivity contribution in [1.82, 2.24) is 4.72 Å². The van der Waals surface area contributed by atoms with E-state index in [4.69, 9.17) is 0 Å². The molecule has 176 valence electrons. The van der Waals surface area contributed by atoms with E-state index in [0.717, 1.165) is 50.8 Å². The summed E-state index contributed by atoms with van der Waals surface area (Å²) in [6.07, 6.45) is 9.87. The van der Waals surface area contributed by atoms with Gasteiger partial charge in [-0.3, -0.25) is 4.79 Å². The van der Waals surface area contributed by atoms with Gasteiger partial charge in [0, 0.05) is 30.7 Å². The van der Waals surface area contributed by atoms with Gasteiger partial charge in [-0.05, 0) is 64.2 Å². The lowest BCUT2D eigenvalue weighted by Crippen LogP contribution is -2.39. The lowest BCUT2D eigenvalue weighted by Gasteiger charge is -2.36. The molecule has 31 heavy (non-hydrogen) atoms. The third kappa shape index (κ3) is 7.79. The largest absolute Gasteiger partial charge is 0.368 e. The van der Waals surface area contributed by atoms with E-state index in [2.05, 4.69) is 28.8 Å². The third-order valence-electron chi connectivity index (χ3n) is 6.12.